The van der Waals surface area contributed by atoms with E-state index in [1.807, 2.05) is 24.3 Å². The van der Waals surface area contributed by atoms with Crippen LogP contribution in [0.25, 0.3) is 22.2 Å². The standard InChI is InChI=1S/C40H52N4O5S/c1-42-24-30-16-17-31(25-42)44(30)39(46)40(21-22-40)26-43-35-23-29(38(45)41-50(47,48)33-11-7-4-8-12-33)15-20-34(35)36(27-9-5-3-6-10-27)37(43)28-13-18-32(49-2)19-14-28/h13-15,18-20,23,27,30-31,33H,3-12,16-17,21-22,24-26H2,1-2H3,(H,41,45). The van der Waals surface area contributed by atoms with Crippen LogP contribution in [0.4, 0.5) is 0 Å². The summed E-state index contributed by atoms with van der Waals surface area (Å²) in [5.41, 5.74) is 4.21. The van der Waals surface area contributed by atoms with Gasteiger partial charge in [-0.3, -0.25) is 9.59 Å². The van der Waals surface area contributed by atoms with Crippen molar-refractivity contribution in [1.82, 2.24) is 19.1 Å². The van der Waals surface area contributed by atoms with Gasteiger partial charge in [0.05, 0.1) is 23.5 Å². The predicted molar refractivity (Wildman–Crippen MR) is 196 cm³/mol. The molecule has 1 aromatic heterocycles. The van der Waals surface area contributed by atoms with Gasteiger partial charge >= 0.3 is 0 Å². The molecule has 10 heteroatoms. The summed E-state index contributed by atoms with van der Waals surface area (Å²) >= 11 is 0. The van der Waals surface area contributed by atoms with Crippen molar-refractivity contribution in [2.75, 3.05) is 27.2 Å². The van der Waals surface area contributed by atoms with Crippen LogP contribution < -0.4 is 9.46 Å². The van der Waals surface area contributed by atoms with Crippen LogP contribution in [0.3, 0.4) is 0 Å². The minimum Gasteiger partial charge on any atom is -0.497 e. The Kier molecular flexibility index (Phi) is 8.99. The fraction of sp³-hybridized carbons (Fsp3) is 0.600. The maximum Gasteiger partial charge on any atom is 0.264 e. The van der Waals surface area contributed by atoms with Crippen LogP contribution in [-0.2, 0) is 21.4 Å². The fourth-order valence-electron chi connectivity index (χ4n) is 9.81. The second-order valence-electron chi connectivity index (χ2n) is 16.0. The number of carbonyl (C=O) groups excluding carboxylic acids is 2. The van der Waals surface area contributed by atoms with Gasteiger partial charge in [0, 0.05) is 48.2 Å². The number of rotatable bonds is 9. The van der Waals surface area contributed by atoms with Crippen molar-refractivity contribution in [2.24, 2.45) is 5.41 Å². The molecule has 8 rings (SSSR count). The molecular weight excluding hydrogens is 649 g/mol. The van der Waals surface area contributed by atoms with E-state index in [4.69, 9.17) is 4.74 Å². The largest absolute Gasteiger partial charge is 0.497 e. The smallest absolute Gasteiger partial charge is 0.264 e. The first-order valence-electron chi connectivity index (χ1n) is 19.1. The molecule has 3 heterocycles. The normalized spacial score (nSPS) is 24.4. The van der Waals surface area contributed by atoms with E-state index < -0.39 is 26.6 Å². The second kappa shape index (κ2) is 13.3. The van der Waals surface area contributed by atoms with E-state index >= 15 is 0 Å². The van der Waals surface area contributed by atoms with E-state index in [9.17, 15) is 18.0 Å². The van der Waals surface area contributed by atoms with Crippen molar-refractivity contribution >= 4 is 32.7 Å². The molecule has 2 atom stereocenters. The molecule has 2 bridgehead atoms. The number of hydrogen-bond acceptors (Lipinski definition) is 6. The Bertz CT molecular complexity index is 1850. The van der Waals surface area contributed by atoms with Crippen molar-refractivity contribution in [3.8, 4) is 17.0 Å². The van der Waals surface area contributed by atoms with Gasteiger partial charge in [0.15, 0.2) is 0 Å². The lowest BCUT2D eigenvalue weighted by Crippen LogP contribution is -2.56. The molecule has 0 radical (unpaired) electrons. The number of likely N-dealkylation sites (N-methyl/N-ethyl adjacent to an activating group) is 1. The van der Waals surface area contributed by atoms with Crippen molar-refractivity contribution in [1.29, 1.82) is 0 Å². The Balaban J connectivity index is 1.24. The topological polar surface area (TPSA) is 101 Å². The van der Waals surface area contributed by atoms with Gasteiger partial charge in [-0.1, -0.05) is 44.6 Å². The van der Waals surface area contributed by atoms with Gasteiger partial charge < -0.3 is 19.1 Å². The lowest BCUT2D eigenvalue weighted by atomic mass is 9.81. The van der Waals surface area contributed by atoms with Crippen LogP contribution in [0, 0.1) is 5.41 Å². The quantitative estimate of drug-likeness (QED) is 0.262. The highest BCUT2D eigenvalue weighted by molar-refractivity contribution is 7.90. The molecule has 3 aliphatic carbocycles. The molecule has 2 amide bonds. The summed E-state index contributed by atoms with van der Waals surface area (Å²) in [5.74, 6) is 0.845. The van der Waals surface area contributed by atoms with Crippen molar-refractivity contribution in [3.05, 3.63) is 53.6 Å². The molecule has 2 aromatic carbocycles. The lowest BCUT2D eigenvalue weighted by Gasteiger charge is -2.41. The number of amides is 2. The number of nitrogens with zero attached hydrogens (tertiary/aromatic N) is 3. The zero-order valence-electron chi connectivity index (χ0n) is 29.7. The van der Waals surface area contributed by atoms with E-state index in [0.29, 0.717) is 30.9 Å². The van der Waals surface area contributed by atoms with Gasteiger partial charge in [0.2, 0.25) is 15.9 Å². The molecule has 9 nitrogen and oxygen atoms in total. The molecule has 2 saturated heterocycles. The summed E-state index contributed by atoms with van der Waals surface area (Å²) in [6.45, 7) is 2.39. The second-order valence-corrected chi connectivity index (χ2v) is 17.9. The number of likely N-dealkylation sites (tertiary alicyclic amines) is 1. The third-order valence-electron chi connectivity index (χ3n) is 12.6. The van der Waals surface area contributed by atoms with Crippen molar-refractivity contribution < 1.29 is 22.7 Å². The zero-order valence-corrected chi connectivity index (χ0v) is 30.5. The number of carbonyl (C=O) groups is 2. The molecule has 2 aliphatic heterocycles. The Morgan fingerprint density at radius 2 is 1.50 bits per heavy atom. The minimum absolute atomic E-state index is 0.269. The van der Waals surface area contributed by atoms with Crippen LogP contribution in [0.5, 0.6) is 5.75 Å². The number of piperazine rings is 1. The summed E-state index contributed by atoms with van der Waals surface area (Å²) in [6.07, 6.45) is 13.5. The summed E-state index contributed by atoms with van der Waals surface area (Å²) in [5, 5.41) is 0.565. The number of hydrogen-bond donors (Lipinski definition) is 1. The summed E-state index contributed by atoms with van der Waals surface area (Å²) in [4.78, 5) is 33.0. The first-order chi connectivity index (χ1) is 24.2. The van der Waals surface area contributed by atoms with Crippen LogP contribution in [0.15, 0.2) is 42.5 Å². The molecule has 2 unspecified atom stereocenters. The zero-order chi connectivity index (χ0) is 34.6. The fourth-order valence-corrected chi connectivity index (χ4v) is 11.3. The highest BCUT2D eigenvalue weighted by Crippen LogP contribution is 2.53. The molecule has 3 saturated carbocycles. The number of nitrogens with one attached hydrogen (secondary N) is 1. The first kappa shape index (κ1) is 33.8. The molecule has 0 spiro atoms. The van der Waals surface area contributed by atoms with Crippen LogP contribution in [0.1, 0.15) is 112 Å². The third kappa shape index (κ3) is 6.14. The minimum atomic E-state index is -3.79. The summed E-state index contributed by atoms with van der Waals surface area (Å²) in [6, 6.07) is 14.5. The molecule has 50 heavy (non-hydrogen) atoms. The van der Waals surface area contributed by atoms with E-state index in [1.54, 1.807) is 13.2 Å². The van der Waals surface area contributed by atoms with E-state index in [2.05, 4.69) is 38.3 Å². The van der Waals surface area contributed by atoms with Gasteiger partial charge in [-0.05, 0) is 112 Å². The van der Waals surface area contributed by atoms with Gasteiger partial charge in [0.1, 0.15) is 5.75 Å². The van der Waals surface area contributed by atoms with E-state index in [0.717, 1.165) is 98.8 Å². The summed E-state index contributed by atoms with van der Waals surface area (Å²) < 4.78 is 36.9. The average molecular weight is 701 g/mol. The van der Waals surface area contributed by atoms with Gasteiger partial charge in [-0.15, -0.1) is 0 Å². The number of ether oxygens (including phenoxy) is 1. The molecule has 5 aliphatic rings. The maximum absolute atomic E-state index is 14.7. The van der Waals surface area contributed by atoms with E-state index in [-0.39, 0.29) is 18.0 Å². The van der Waals surface area contributed by atoms with Gasteiger partial charge in [-0.25, -0.2) is 13.1 Å². The number of sulfonamides is 1. The Hall–Kier alpha value is -3.37. The van der Waals surface area contributed by atoms with Gasteiger partial charge in [0.25, 0.3) is 5.91 Å². The first-order valence-corrected chi connectivity index (χ1v) is 20.6. The van der Waals surface area contributed by atoms with Gasteiger partial charge in [-0.2, -0.15) is 0 Å². The Morgan fingerprint density at radius 1 is 0.860 bits per heavy atom. The number of methoxy groups -OCH3 is 1. The maximum atomic E-state index is 14.7. The van der Waals surface area contributed by atoms with Crippen molar-refractivity contribution in [3.63, 3.8) is 0 Å². The molecule has 3 aromatic rings. The molecule has 1 N–H and O–H groups in total. The highest BCUT2D eigenvalue weighted by atomic mass is 32.2. The third-order valence-corrected chi connectivity index (χ3v) is 14.5. The monoisotopic (exact) mass is 700 g/mol. The molecule has 268 valence electrons. The average Bonchev–Trinajstić information content (AvgIpc) is 3.78. The Morgan fingerprint density at radius 3 is 2.12 bits per heavy atom. The summed E-state index contributed by atoms with van der Waals surface area (Å²) in [7, 11) is 0.0491. The van der Waals surface area contributed by atoms with Crippen molar-refractivity contribution in [2.45, 2.75) is 120 Å². The predicted octanol–water partition coefficient (Wildman–Crippen LogP) is 6.84. The Labute approximate surface area is 296 Å². The molecule has 5 fully saturated rings. The lowest BCUT2D eigenvalue weighted by molar-refractivity contribution is -0.143. The number of benzene rings is 2. The van der Waals surface area contributed by atoms with Crippen LogP contribution in [0.2, 0.25) is 0 Å². The number of fused-ring (bicyclic) bond motifs is 3. The number of aromatic nitrogens is 1. The SMILES string of the molecule is COc1ccc(-c2c(C3CCCCC3)c3ccc(C(=O)NS(=O)(=O)C4CCCCC4)cc3n2CC2(C(=O)N3C4CCC3CN(C)C4)CC2)cc1. The highest BCUT2D eigenvalue weighted by Gasteiger charge is 2.56. The molecular formula is C40H52N4O5S. The van der Waals surface area contributed by atoms with Crippen LogP contribution >= 0.6 is 0 Å². The van der Waals surface area contributed by atoms with Crippen LogP contribution in [-0.4, -0.2) is 79.2 Å². The van der Waals surface area contributed by atoms with E-state index in [1.165, 1.54) is 24.8 Å².